The van der Waals surface area contributed by atoms with E-state index >= 15 is 0 Å². The van der Waals surface area contributed by atoms with Crippen LogP contribution >= 0.6 is 0 Å². The summed E-state index contributed by atoms with van der Waals surface area (Å²) in [5.41, 5.74) is -13.0. The third-order valence-corrected chi connectivity index (χ3v) is 12.3. The van der Waals surface area contributed by atoms with E-state index in [0.717, 1.165) is 41.5 Å². The number of nitrogens with zero attached hydrogens (tertiary/aromatic N) is 1. The molecule has 0 amide bonds. The van der Waals surface area contributed by atoms with Crippen molar-refractivity contribution in [1.29, 1.82) is 0 Å². The van der Waals surface area contributed by atoms with E-state index in [4.69, 9.17) is 42.6 Å². The molecule has 2 saturated carbocycles. The van der Waals surface area contributed by atoms with Gasteiger partial charge in [-0.15, -0.1) is 0 Å². The molecule has 4 aliphatic rings. The molecule has 2 N–H and O–H groups in total. The lowest BCUT2D eigenvalue weighted by molar-refractivity contribution is -0.387. The Balaban J connectivity index is 1.71. The van der Waals surface area contributed by atoms with Crippen molar-refractivity contribution in [3.05, 3.63) is 65.5 Å². The normalized spacial score (nSPS) is 35.8. The van der Waals surface area contributed by atoms with Gasteiger partial charge in [0, 0.05) is 47.2 Å². The molecule has 3 fully saturated rings. The first kappa shape index (κ1) is 46.5. The van der Waals surface area contributed by atoms with Crippen molar-refractivity contribution in [3.63, 3.8) is 0 Å². The van der Waals surface area contributed by atoms with Gasteiger partial charge in [-0.05, 0) is 51.5 Å². The number of carbonyl (C=O) groups is 8. The fraction of sp³-hybridized carbons (Fsp3) is 0.558. The molecule has 1 spiro atoms. The molecular formula is C43H49NO19. The molecule has 63 heavy (non-hydrogen) atoms. The maximum atomic E-state index is 15.0. The summed E-state index contributed by atoms with van der Waals surface area (Å²) in [6.07, 6.45) is -12.1. The minimum absolute atomic E-state index is 0.0184. The Labute approximate surface area is 360 Å². The molecule has 3 heterocycles. The number of aromatic nitrogens is 1. The molecule has 2 aliphatic carbocycles. The number of benzene rings is 1. The molecule has 1 aromatic carbocycles. The molecule has 4 bridgehead atoms. The van der Waals surface area contributed by atoms with Crippen LogP contribution in [0.25, 0.3) is 0 Å². The van der Waals surface area contributed by atoms with Crippen molar-refractivity contribution in [3.8, 4) is 0 Å². The van der Waals surface area contributed by atoms with Gasteiger partial charge >= 0.3 is 47.8 Å². The number of carbonyl (C=O) groups excluding carboxylic acids is 8. The van der Waals surface area contributed by atoms with Crippen LogP contribution in [0.15, 0.2) is 48.7 Å². The third kappa shape index (κ3) is 7.88. The van der Waals surface area contributed by atoms with E-state index in [0.29, 0.717) is 0 Å². The Bertz CT molecular complexity index is 2190. The second-order valence-corrected chi connectivity index (χ2v) is 16.7. The fourth-order valence-electron chi connectivity index (χ4n) is 9.79. The van der Waals surface area contributed by atoms with Crippen molar-refractivity contribution in [2.75, 3.05) is 13.2 Å². The summed E-state index contributed by atoms with van der Waals surface area (Å²) >= 11 is 0. The van der Waals surface area contributed by atoms with Crippen molar-refractivity contribution in [1.82, 2.24) is 4.98 Å². The van der Waals surface area contributed by atoms with E-state index in [1.54, 1.807) is 18.2 Å². The lowest BCUT2D eigenvalue weighted by Gasteiger charge is -2.67. The highest BCUT2D eigenvalue weighted by Gasteiger charge is 2.91. The summed E-state index contributed by atoms with van der Waals surface area (Å²) < 4.78 is 53.9. The molecular weight excluding hydrogens is 834 g/mol. The standard InChI is InChI=1S/C43H49NO19/c1-21(45)55-20-42-34(59-24(4)48)30(57-22(2)46)29-32(50)43(42)41(8,54)33(31(58-23(3)47)35(42)60-25(5)49)61-38(53)39(6,62-36(51)26-13-10-9-11-14-26)17-16-28-27(15-12-18-44-28)37(52)56-19-40(29,7)63-43/h9-15,18,29-35,50,54H,16-17,19-20H2,1-8H3/t29-,30-,31+,32-,33+,34-,35-,39-,40-,41+,42-,43+/m1/s1. The minimum atomic E-state index is -2.96. The number of cyclic esters (lactones) is 1. The van der Waals surface area contributed by atoms with Crippen molar-refractivity contribution in [2.24, 2.45) is 11.3 Å². The lowest BCUT2D eigenvalue weighted by Crippen LogP contribution is -2.89. The Morgan fingerprint density at radius 2 is 1.38 bits per heavy atom. The van der Waals surface area contributed by atoms with Crippen molar-refractivity contribution in [2.45, 2.75) is 127 Å². The molecule has 0 radical (unpaired) electrons. The summed E-state index contributed by atoms with van der Waals surface area (Å²) in [4.78, 5) is 113. The van der Waals surface area contributed by atoms with Crippen LogP contribution in [0.1, 0.15) is 88.2 Å². The number of aliphatic hydroxyl groups excluding tert-OH is 1. The van der Waals surface area contributed by atoms with E-state index in [2.05, 4.69) is 4.98 Å². The predicted molar refractivity (Wildman–Crippen MR) is 207 cm³/mol. The highest BCUT2D eigenvalue weighted by molar-refractivity contribution is 5.93. The number of aliphatic hydroxyl groups is 2. The summed E-state index contributed by atoms with van der Waals surface area (Å²) in [7, 11) is 0. The van der Waals surface area contributed by atoms with Crippen LogP contribution in [-0.2, 0) is 77.8 Å². The van der Waals surface area contributed by atoms with Crippen LogP contribution in [0.4, 0.5) is 0 Å². The Hall–Kier alpha value is -5.99. The van der Waals surface area contributed by atoms with E-state index in [-0.39, 0.29) is 23.2 Å². The minimum Gasteiger partial charge on any atom is -0.465 e. The number of rotatable bonds is 8. The maximum absolute atomic E-state index is 15.0. The molecule has 6 rings (SSSR count). The molecule has 340 valence electrons. The average molecular weight is 884 g/mol. The molecule has 2 aliphatic heterocycles. The molecule has 12 atom stereocenters. The number of hydrogen-bond donors (Lipinski definition) is 2. The van der Waals surface area contributed by atoms with Gasteiger partial charge in [-0.2, -0.15) is 0 Å². The van der Waals surface area contributed by atoms with E-state index in [1.165, 1.54) is 44.3 Å². The number of pyridine rings is 1. The molecule has 1 saturated heterocycles. The molecule has 20 heteroatoms. The summed E-state index contributed by atoms with van der Waals surface area (Å²) in [6.45, 7) is 6.42. The van der Waals surface area contributed by atoms with Crippen LogP contribution in [0, 0.1) is 11.3 Å². The number of fused-ring (bicyclic) bond motifs is 5. The van der Waals surface area contributed by atoms with Gasteiger partial charge in [-0.1, -0.05) is 18.2 Å². The highest BCUT2D eigenvalue weighted by atomic mass is 16.7. The van der Waals surface area contributed by atoms with Gasteiger partial charge in [0.25, 0.3) is 0 Å². The van der Waals surface area contributed by atoms with Gasteiger partial charge in [0.2, 0.25) is 5.60 Å². The first-order valence-corrected chi connectivity index (χ1v) is 20.0. The van der Waals surface area contributed by atoms with Gasteiger partial charge in [-0.3, -0.25) is 29.0 Å². The molecule has 2 aromatic rings. The maximum Gasteiger partial charge on any atom is 0.350 e. The quantitative estimate of drug-likeness (QED) is 0.279. The average Bonchev–Trinajstić information content (AvgIpc) is 3.40. The van der Waals surface area contributed by atoms with Gasteiger partial charge in [0.15, 0.2) is 24.4 Å². The number of esters is 8. The van der Waals surface area contributed by atoms with Crippen LogP contribution in [0.5, 0.6) is 0 Å². The molecule has 0 unspecified atom stereocenters. The smallest absolute Gasteiger partial charge is 0.350 e. The Morgan fingerprint density at radius 3 is 1.97 bits per heavy atom. The van der Waals surface area contributed by atoms with E-state index < -0.39 is 138 Å². The predicted octanol–water partition coefficient (Wildman–Crippen LogP) is 1.27. The summed E-state index contributed by atoms with van der Waals surface area (Å²) in [5, 5.41) is 26.4. The first-order valence-electron chi connectivity index (χ1n) is 20.0. The van der Waals surface area contributed by atoms with Crippen LogP contribution in [0.3, 0.4) is 0 Å². The van der Waals surface area contributed by atoms with Gasteiger partial charge in [-0.25, -0.2) is 14.4 Å². The fourth-order valence-corrected chi connectivity index (χ4v) is 9.79. The molecule has 1 aromatic heterocycles. The van der Waals surface area contributed by atoms with Gasteiger partial charge in [0.05, 0.1) is 28.8 Å². The Morgan fingerprint density at radius 1 is 0.794 bits per heavy atom. The highest BCUT2D eigenvalue weighted by Crippen LogP contribution is 2.69. The Kier molecular flexibility index (Phi) is 12.5. The van der Waals surface area contributed by atoms with Crippen LogP contribution in [-0.4, -0.2) is 135 Å². The number of aryl methyl sites for hydroxylation is 1. The van der Waals surface area contributed by atoms with Gasteiger partial charge < -0.3 is 52.8 Å². The number of ether oxygens (including phenoxy) is 9. The summed E-state index contributed by atoms with van der Waals surface area (Å²) in [5.74, 6) is -10.3. The lowest BCUT2D eigenvalue weighted by atomic mass is 9.45. The number of hydrogen-bond acceptors (Lipinski definition) is 20. The zero-order chi connectivity index (χ0) is 46.4. The SMILES string of the molecule is CC(=O)OC[C@]12[C@H](OC(C)=O)[C@H](OC(C)=O)[C@@H]3[C@@H](O)[C@@]14O[C@]3(C)COC(=O)c1cccnc1CC[C@@](C)(OC(=O)c1ccccc1)C(=O)O[C@@H]([C@H](OC(C)=O)[C@H]2OC(C)=O)[C@]4(C)O. The second-order valence-electron chi connectivity index (χ2n) is 16.7. The second kappa shape index (κ2) is 16.9. The van der Waals surface area contributed by atoms with Crippen molar-refractivity contribution >= 4 is 47.8 Å². The first-order chi connectivity index (χ1) is 29.5. The topological polar surface area (TPSA) is 273 Å². The zero-order valence-corrected chi connectivity index (χ0v) is 35.8. The van der Waals surface area contributed by atoms with Crippen molar-refractivity contribution < 1.29 is 91.2 Å². The van der Waals surface area contributed by atoms with Crippen LogP contribution in [0.2, 0.25) is 0 Å². The zero-order valence-electron chi connectivity index (χ0n) is 35.8. The van der Waals surface area contributed by atoms with E-state index in [1.807, 2.05) is 0 Å². The third-order valence-electron chi connectivity index (χ3n) is 12.3. The van der Waals surface area contributed by atoms with Gasteiger partial charge in [0.1, 0.15) is 41.5 Å². The largest absolute Gasteiger partial charge is 0.465 e. The summed E-state index contributed by atoms with van der Waals surface area (Å²) in [6, 6.07) is 10.4. The monoisotopic (exact) mass is 883 g/mol. The van der Waals surface area contributed by atoms with E-state index in [9.17, 15) is 48.6 Å². The molecule has 20 nitrogen and oxygen atoms in total. The van der Waals surface area contributed by atoms with Crippen LogP contribution < -0.4 is 0 Å².